The highest BCUT2D eigenvalue weighted by molar-refractivity contribution is 5.96. The third kappa shape index (κ3) is 5.57. The summed E-state index contributed by atoms with van der Waals surface area (Å²) in [7, 11) is 1.44. The largest absolute Gasteiger partial charge is 0.507 e. The fraction of sp³-hybridized carbons (Fsp3) is 0.0400. The maximum Gasteiger partial charge on any atom is 0.339 e. The van der Waals surface area contributed by atoms with Crippen LogP contribution in [-0.2, 0) is 0 Å². The van der Waals surface area contributed by atoms with Gasteiger partial charge in [0.05, 0.1) is 23.3 Å². The summed E-state index contributed by atoms with van der Waals surface area (Å²) in [6.07, 6.45) is 2.73. The molecule has 2 aromatic carbocycles. The Balaban J connectivity index is 1.71. The van der Waals surface area contributed by atoms with Gasteiger partial charge in [0.2, 0.25) is 0 Å². The number of pyridine rings is 1. The van der Waals surface area contributed by atoms with Gasteiger partial charge in [-0.15, -0.1) is 5.10 Å². The monoisotopic (exact) mass is 544 g/mol. The zero-order valence-electron chi connectivity index (χ0n) is 20.5. The van der Waals surface area contributed by atoms with Gasteiger partial charge < -0.3 is 31.1 Å². The lowest BCUT2D eigenvalue weighted by atomic mass is 10.1. The molecule has 4 aromatic rings. The molecule has 4 rings (SSSR count). The smallest absolute Gasteiger partial charge is 0.339 e. The van der Waals surface area contributed by atoms with Gasteiger partial charge in [-0.1, -0.05) is 5.21 Å². The zero-order chi connectivity index (χ0) is 29.0. The molecule has 40 heavy (non-hydrogen) atoms. The maximum atomic E-state index is 12.5. The van der Waals surface area contributed by atoms with E-state index in [1.54, 1.807) is 0 Å². The average Bonchev–Trinajstić information content (AvgIpc) is 3.43. The number of carbonyl (C=O) groups excluding carboxylic acids is 1. The highest BCUT2D eigenvalue weighted by Crippen LogP contribution is 2.26. The van der Waals surface area contributed by atoms with Crippen LogP contribution in [0.25, 0.3) is 22.8 Å². The average molecular weight is 544 g/mol. The van der Waals surface area contributed by atoms with Crippen molar-refractivity contribution in [1.29, 1.82) is 5.53 Å². The molecule has 0 aliphatic rings. The van der Waals surface area contributed by atoms with Crippen molar-refractivity contribution in [2.75, 3.05) is 12.4 Å². The second-order valence-electron chi connectivity index (χ2n) is 8.08. The zero-order valence-corrected chi connectivity index (χ0v) is 20.5. The molecule has 0 saturated heterocycles. The molecule has 2 aromatic heterocycles. The lowest BCUT2D eigenvalue weighted by Crippen LogP contribution is -2.18. The topological polar surface area (TPSA) is 236 Å². The molecular weight excluding hydrogens is 524 g/mol. The Morgan fingerprint density at radius 1 is 0.950 bits per heavy atom. The number of nitrogens with zero attached hydrogens (tertiary/aromatic N) is 5. The van der Waals surface area contributed by atoms with Crippen LogP contribution in [0.2, 0.25) is 0 Å². The number of aromatic nitrogens is 4. The van der Waals surface area contributed by atoms with Crippen LogP contribution in [0, 0.1) is 5.53 Å². The minimum absolute atomic E-state index is 0.0182. The molecule has 2 heterocycles. The quantitative estimate of drug-likeness (QED) is 0.151. The Morgan fingerprint density at radius 2 is 1.62 bits per heavy atom. The van der Waals surface area contributed by atoms with E-state index in [2.05, 4.69) is 31.0 Å². The molecule has 0 aliphatic carbocycles. The van der Waals surface area contributed by atoms with E-state index in [0.717, 1.165) is 0 Å². The predicted octanol–water partition coefficient (Wildman–Crippen LogP) is 2.94. The van der Waals surface area contributed by atoms with Crippen molar-refractivity contribution in [3.63, 3.8) is 0 Å². The van der Waals surface area contributed by atoms with E-state index in [0.29, 0.717) is 11.4 Å². The van der Waals surface area contributed by atoms with Gasteiger partial charge in [-0.3, -0.25) is 4.79 Å². The van der Waals surface area contributed by atoms with Gasteiger partial charge in [-0.05, 0) is 36.4 Å². The summed E-state index contributed by atoms with van der Waals surface area (Å²) in [5.74, 6) is -3.98. The molecule has 0 aliphatic heterocycles. The number of carboxylic acid groups (broad SMARTS) is 2. The number of hydrogen-bond acceptors (Lipinski definition) is 11. The molecule has 7 N–H and O–H groups in total. The van der Waals surface area contributed by atoms with E-state index in [9.17, 15) is 24.6 Å². The van der Waals surface area contributed by atoms with E-state index >= 15 is 0 Å². The van der Waals surface area contributed by atoms with Crippen LogP contribution < -0.4 is 10.6 Å². The summed E-state index contributed by atoms with van der Waals surface area (Å²) in [5, 5.41) is 54.9. The van der Waals surface area contributed by atoms with Crippen molar-refractivity contribution in [2.45, 2.75) is 0 Å². The van der Waals surface area contributed by atoms with Crippen LogP contribution in [0.1, 0.15) is 36.8 Å². The van der Waals surface area contributed by atoms with Crippen LogP contribution in [-0.4, -0.2) is 65.3 Å². The predicted molar refractivity (Wildman–Crippen MR) is 138 cm³/mol. The number of benzene rings is 2. The van der Waals surface area contributed by atoms with Crippen LogP contribution >= 0.6 is 0 Å². The van der Waals surface area contributed by atoms with Crippen molar-refractivity contribution in [2.24, 2.45) is 5.11 Å². The summed E-state index contributed by atoms with van der Waals surface area (Å²) >= 11 is 0. The minimum Gasteiger partial charge on any atom is -0.507 e. The Morgan fingerprint density at radius 3 is 2.23 bits per heavy atom. The van der Waals surface area contributed by atoms with Gasteiger partial charge >= 0.3 is 11.9 Å². The fourth-order valence-electron chi connectivity index (χ4n) is 3.54. The Bertz CT molecular complexity index is 1700. The number of amides is 1. The number of aromatic carboxylic acids is 2. The van der Waals surface area contributed by atoms with Crippen molar-refractivity contribution in [1.82, 2.24) is 25.3 Å². The van der Waals surface area contributed by atoms with E-state index in [4.69, 9.17) is 15.7 Å². The van der Waals surface area contributed by atoms with Crippen LogP contribution in [0.5, 0.6) is 11.5 Å². The third-order valence-corrected chi connectivity index (χ3v) is 5.53. The van der Waals surface area contributed by atoms with Crippen LogP contribution in [0.15, 0.2) is 66.0 Å². The summed E-state index contributed by atoms with van der Waals surface area (Å²) in [5.41, 5.74) is 8.31. The lowest BCUT2D eigenvalue weighted by Gasteiger charge is -2.08. The normalized spacial score (nSPS) is 11.1. The number of hydrogen-bond donors (Lipinski definition) is 7. The highest BCUT2D eigenvalue weighted by atomic mass is 16.4. The third-order valence-electron chi connectivity index (χ3n) is 5.53. The Kier molecular flexibility index (Phi) is 7.47. The first-order valence-corrected chi connectivity index (χ1v) is 11.3. The number of anilines is 1. The summed E-state index contributed by atoms with van der Waals surface area (Å²) in [4.78, 5) is 39.2. The first kappa shape index (κ1) is 26.9. The van der Waals surface area contributed by atoms with E-state index in [-0.39, 0.29) is 39.5 Å². The maximum absolute atomic E-state index is 12.5. The van der Waals surface area contributed by atoms with Crippen LogP contribution in [0.3, 0.4) is 0 Å². The first-order valence-electron chi connectivity index (χ1n) is 11.3. The number of rotatable bonds is 9. The molecule has 0 saturated carbocycles. The summed E-state index contributed by atoms with van der Waals surface area (Å²) < 4.78 is 1.27. The number of nitrogens with one attached hydrogen (secondary N) is 3. The molecule has 0 unspecified atom stereocenters. The SMILES string of the molecule is CNC(=O)c1cc(/C(=C/Nc2ccc(C(=O)O)c(O)c2)N=N)nc(-c2cn(-c3ccc(C(=O)O)c(O)c3)nn2)c1. The van der Waals surface area contributed by atoms with Crippen molar-refractivity contribution < 1.29 is 34.8 Å². The number of phenols is 2. The van der Waals surface area contributed by atoms with Crippen molar-refractivity contribution >= 4 is 29.2 Å². The highest BCUT2D eigenvalue weighted by Gasteiger charge is 2.17. The van der Waals surface area contributed by atoms with Gasteiger partial charge in [0.25, 0.3) is 5.91 Å². The molecule has 202 valence electrons. The van der Waals surface area contributed by atoms with Gasteiger partial charge in [0, 0.05) is 36.6 Å². The first-order chi connectivity index (χ1) is 19.1. The number of carboxylic acids is 2. The molecule has 1 amide bonds. The molecule has 15 heteroatoms. The standard InChI is InChI=1S/C25H20N8O7/c1-27-23(36)12-6-17(19(30-26)10-28-13-2-4-15(24(37)38)21(34)8-13)29-18(7-12)20-11-33(32-31-20)14-3-5-16(25(39)40)22(35)9-14/h2-11,26,28,34-35H,1H3,(H,27,36)(H,37,38)(H,39,40)/b19-10-,30-26?. The Hall–Kier alpha value is -6.12. The van der Waals surface area contributed by atoms with Crippen molar-refractivity contribution in [3.8, 4) is 28.6 Å². The van der Waals surface area contributed by atoms with E-state index < -0.39 is 29.3 Å². The molecule has 15 nitrogen and oxygen atoms in total. The Labute approximate surface area is 224 Å². The summed E-state index contributed by atoms with van der Waals surface area (Å²) in [6.45, 7) is 0. The fourth-order valence-corrected chi connectivity index (χ4v) is 3.54. The van der Waals surface area contributed by atoms with Gasteiger partial charge in [-0.2, -0.15) is 5.11 Å². The van der Waals surface area contributed by atoms with Gasteiger partial charge in [0.1, 0.15) is 34.0 Å². The lowest BCUT2D eigenvalue weighted by molar-refractivity contribution is 0.0682. The second-order valence-corrected chi connectivity index (χ2v) is 8.08. The minimum atomic E-state index is -1.30. The summed E-state index contributed by atoms with van der Waals surface area (Å²) in [6, 6.07) is 10.5. The van der Waals surface area contributed by atoms with Crippen molar-refractivity contribution in [3.05, 3.63) is 83.3 Å². The second kappa shape index (κ2) is 11.1. The van der Waals surface area contributed by atoms with Gasteiger partial charge in [0.15, 0.2) is 0 Å². The number of carbonyl (C=O) groups is 3. The van der Waals surface area contributed by atoms with Gasteiger partial charge in [-0.25, -0.2) is 24.8 Å². The molecule has 0 radical (unpaired) electrons. The van der Waals surface area contributed by atoms with Crippen LogP contribution in [0.4, 0.5) is 5.69 Å². The molecular formula is C25H20N8O7. The van der Waals surface area contributed by atoms with E-state index in [1.165, 1.54) is 72.7 Å². The molecule has 0 fully saturated rings. The molecule has 0 spiro atoms. The molecule has 0 atom stereocenters. The molecule has 0 bridgehead atoms. The number of aromatic hydroxyl groups is 2. The van der Waals surface area contributed by atoms with E-state index in [1.807, 2.05) is 0 Å².